The van der Waals surface area contributed by atoms with Gasteiger partial charge in [0.05, 0.1) is 12.2 Å². The van der Waals surface area contributed by atoms with Crippen molar-refractivity contribution in [1.29, 1.82) is 0 Å². The van der Waals surface area contributed by atoms with Crippen LogP contribution in [0.5, 0.6) is 0 Å². The highest BCUT2D eigenvalue weighted by Crippen LogP contribution is 2.67. The van der Waals surface area contributed by atoms with Crippen LogP contribution in [-0.2, 0) is 9.47 Å². The van der Waals surface area contributed by atoms with Crippen molar-refractivity contribution in [3.63, 3.8) is 0 Å². The number of fused-ring (bicyclic) bond motifs is 5. The second-order valence-electron chi connectivity index (χ2n) is 12.7. The number of allylic oxidation sites excluding steroid dienone is 1. The van der Waals surface area contributed by atoms with E-state index in [4.69, 9.17) is 9.47 Å². The molecule has 2 nitrogen and oxygen atoms in total. The Hall–Kier alpha value is -0.340. The molecule has 4 aliphatic carbocycles. The molecular weight excluding hydrogens is 380 g/mol. The molecule has 0 aliphatic heterocycles. The number of methoxy groups -OCH3 is 2. The summed E-state index contributed by atoms with van der Waals surface area (Å²) in [5.41, 5.74) is 2.76. The van der Waals surface area contributed by atoms with Gasteiger partial charge in [-0.1, -0.05) is 46.3 Å². The van der Waals surface area contributed by atoms with E-state index in [2.05, 4.69) is 40.7 Å². The monoisotopic (exact) mass is 430 g/mol. The highest BCUT2D eigenvalue weighted by molar-refractivity contribution is 5.25. The van der Waals surface area contributed by atoms with Gasteiger partial charge in [0.15, 0.2) is 0 Å². The summed E-state index contributed by atoms with van der Waals surface area (Å²) in [4.78, 5) is 0. The maximum absolute atomic E-state index is 5.79. The maximum Gasteiger partial charge on any atom is 0.0608 e. The number of hydrogen-bond acceptors (Lipinski definition) is 2. The molecule has 0 N–H and O–H groups in total. The number of rotatable bonds is 7. The molecule has 4 aliphatic rings. The van der Waals surface area contributed by atoms with Crippen LogP contribution in [0.4, 0.5) is 0 Å². The third kappa shape index (κ3) is 4.07. The zero-order valence-corrected chi connectivity index (χ0v) is 21.6. The molecule has 0 bridgehead atoms. The van der Waals surface area contributed by atoms with Gasteiger partial charge in [-0.15, -0.1) is 0 Å². The lowest BCUT2D eigenvalue weighted by molar-refractivity contribution is -0.0610. The molecule has 0 unspecified atom stereocenters. The van der Waals surface area contributed by atoms with Gasteiger partial charge in [0.2, 0.25) is 0 Å². The van der Waals surface area contributed by atoms with E-state index in [0.29, 0.717) is 29.0 Å². The smallest absolute Gasteiger partial charge is 0.0608 e. The van der Waals surface area contributed by atoms with Crippen molar-refractivity contribution in [2.75, 3.05) is 14.2 Å². The summed E-state index contributed by atoms with van der Waals surface area (Å²) in [7, 11) is 3.80. The molecule has 4 rings (SSSR count). The summed E-state index contributed by atoms with van der Waals surface area (Å²) in [5, 5.41) is 0. The quantitative estimate of drug-likeness (QED) is 0.386. The van der Waals surface area contributed by atoms with Crippen molar-refractivity contribution < 1.29 is 9.47 Å². The van der Waals surface area contributed by atoms with Gasteiger partial charge in [-0.3, -0.25) is 0 Å². The van der Waals surface area contributed by atoms with Gasteiger partial charge in [-0.05, 0) is 111 Å². The van der Waals surface area contributed by atoms with E-state index < -0.39 is 0 Å². The van der Waals surface area contributed by atoms with Gasteiger partial charge >= 0.3 is 0 Å². The van der Waals surface area contributed by atoms with Crippen LogP contribution >= 0.6 is 0 Å². The van der Waals surface area contributed by atoms with Gasteiger partial charge in [0.1, 0.15) is 0 Å². The van der Waals surface area contributed by atoms with Crippen molar-refractivity contribution in [3.8, 4) is 0 Å². The summed E-state index contributed by atoms with van der Waals surface area (Å²) >= 11 is 0. The molecule has 0 amide bonds. The molecule has 0 saturated heterocycles. The molecule has 31 heavy (non-hydrogen) atoms. The van der Waals surface area contributed by atoms with E-state index in [0.717, 1.165) is 29.6 Å². The molecule has 9 atom stereocenters. The fraction of sp³-hybridized carbons (Fsp3) is 0.931. The van der Waals surface area contributed by atoms with Gasteiger partial charge in [0, 0.05) is 14.2 Å². The zero-order chi connectivity index (χ0) is 22.4. The summed E-state index contributed by atoms with van der Waals surface area (Å²) in [5.74, 6) is 5.13. The first-order chi connectivity index (χ1) is 14.7. The minimum absolute atomic E-state index is 0.423. The van der Waals surface area contributed by atoms with Crippen LogP contribution in [0, 0.1) is 46.3 Å². The van der Waals surface area contributed by atoms with E-state index in [1.165, 1.54) is 64.2 Å². The second kappa shape index (κ2) is 9.13. The predicted molar refractivity (Wildman–Crippen MR) is 130 cm³/mol. The van der Waals surface area contributed by atoms with Crippen LogP contribution in [0.2, 0.25) is 0 Å². The summed E-state index contributed by atoms with van der Waals surface area (Å²) in [6.07, 6.45) is 17.1. The lowest BCUT2D eigenvalue weighted by Crippen LogP contribution is -2.51. The number of ether oxygens (including phenoxy) is 2. The first-order valence-electron chi connectivity index (χ1n) is 13.5. The predicted octanol–water partition coefficient (Wildman–Crippen LogP) is 7.67. The van der Waals surface area contributed by atoms with Crippen molar-refractivity contribution in [1.82, 2.24) is 0 Å². The van der Waals surface area contributed by atoms with Gasteiger partial charge in [-0.25, -0.2) is 0 Å². The Bertz CT molecular complexity index is 653. The molecule has 0 spiro atoms. The van der Waals surface area contributed by atoms with Crippen molar-refractivity contribution in [2.24, 2.45) is 46.3 Å². The van der Waals surface area contributed by atoms with Crippen molar-refractivity contribution in [3.05, 3.63) is 11.6 Å². The van der Waals surface area contributed by atoms with Crippen LogP contribution in [-0.4, -0.2) is 26.4 Å². The van der Waals surface area contributed by atoms with E-state index in [1.54, 1.807) is 5.57 Å². The number of hydrogen-bond donors (Lipinski definition) is 0. The third-order valence-electron chi connectivity index (χ3n) is 11.1. The Kier molecular flexibility index (Phi) is 7.01. The highest BCUT2D eigenvalue weighted by atomic mass is 16.5. The standard InChI is InChI=1S/C29H50O2/c1-19(2)27(31-7)13-8-20(3)24-11-12-25-23-10-9-21-18-22(30-6)14-16-28(21,4)26(23)15-17-29(24,25)5/h9,19-20,22-27H,8,10-18H2,1-7H3/t20-,22+,23+,24-,25+,26+,27+,28+,29-/m1/s1. The molecule has 2 heteroatoms. The average molecular weight is 431 g/mol. The van der Waals surface area contributed by atoms with Crippen LogP contribution in [0.1, 0.15) is 98.8 Å². The Morgan fingerprint density at radius 2 is 1.74 bits per heavy atom. The normalized spacial score (nSPS) is 44.3. The van der Waals surface area contributed by atoms with E-state index in [1.807, 2.05) is 14.2 Å². The van der Waals surface area contributed by atoms with Gasteiger partial charge < -0.3 is 9.47 Å². The molecule has 0 aromatic heterocycles. The molecule has 0 aromatic rings. The van der Waals surface area contributed by atoms with Crippen LogP contribution in [0.3, 0.4) is 0 Å². The molecule has 0 radical (unpaired) electrons. The minimum atomic E-state index is 0.423. The summed E-state index contributed by atoms with van der Waals surface area (Å²) in [6.45, 7) is 12.5. The topological polar surface area (TPSA) is 18.5 Å². The molecular formula is C29H50O2. The summed E-state index contributed by atoms with van der Waals surface area (Å²) in [6, 6.07) is 0. The first kappa shape index (κ1) is 23.8. The van der Waals surface area contributed by atoms with Crippen molar-refractivity contribution >= 4 is 0 Å². The molecule has 3 fully saturated rings. The fourth-order valence-corrected chi connectivity index (χ4v) is 9.16. The Morgan fingerprint density at radius 1 is 0.968 bits per heavy atom. The Morgan fingerprint density at radius 3 is 2.42 bits per heavy atom. The summed E-state index contributed by atoms with van der Waals surface area (Å²) < 4.78 is 11.5. The molecule has 0 heterocycles. The van der Waals surface area contributed by atoms with Crippen LogP contribution in [0.15, 0.2) is 11.6 Å². The Balaban J connectivity index is 1.47. The van der Waals surface area contributed by atoms with Gasteiger partial charge in [0.25, 0.3) is 0 Å². The third-order valence-corrected chi connectivity index (χ3v) is 11.1. The van der Waals surface area contributed by atoms with E-state index in [9.17, 15) is 0 Å². The average Bonchev–Trinajstić information content (AvgIpc) is 3.10. The Labute approximate surface area is 192 Å². The maximum atomic E-state index is 5.79. The lowest BCUT2D eigenvalue weighted by atomic mass is 9.47. The molecule has 3 saturated carbocycles. The van der Waals surface area contributed by atoms with E-state index >= 15 is 0 Å². The highest BCUT2D eigenvalue weighted by Gasteiger charge is 2.59. The largest absolute Gasteiger partial charge is 0.381 e. The molecule has 0 aromatic carbocycles. The van der Waals surface area contributed by atoms with Crippen LogP contribution < -0.4 is 0 Å². The lowest BCUT2D eigenvalue weighted by Gasteiger charge is -2.58. The van der Waals surface area contributed by atoms with Crippen molar-refractivity contribution in [2.45, 2.75) is 111 Å². The van der Waals surface area contributed by atoms with Crippen LogP contribution in [0.25, 0.3) is 0 Å². The second-order valence-corrected chi connectivity index (χ2v) is 12.7. The van der Waals surface area contributed by atoms with Gasteiger partial charge in [-0.2, -0.15) is 0 Å². The minimum Gasteiger partial charge on any atom is -0.381 e. The van der Waals surface area contributed by atoms with E-state index in [-0.39, 0.29) is 0 Å². The molecule has 178 valence electrons. The SMILES string of the molecule is CO[C@H]1CC[C@@]2(C)C(=CC[C@H]3[C@@H]4CC[C@H]([C@H](C)CC[C@H](OC)C(C)C)[C@@]4(C)CC[C@@H]32)C1. The first-order valence-corrected chi connectivity index (χ1v) is 13.5. The zero-order valence-electron chi connectivity index (χ0n) is 21.6. The fourth-order valence-electron chi connectivity index (χ4n) is 9.16.